The second-order valence-electron chi connectivity index (χ2n) is 5.97. The van der Waals surface area contributed by atoms with Crippen molar-refractivity contribution in [1.82, 2.24) is 0 Å². The van der Waals surface area contributed by atoms with E-state index in [0.29, 0.717) is 12.0 Å². The molecule has 2 heterocycles. The summed E-state index contributed by atoms with van der Waals surface area (Å²) in [4.78, 5) is 12.6. The minimum atomic E-state index is -0.250. The summed E-state index contributed by atoms with van der Waals surface area (Å²) < 4.78 is 5.48. The normalized spacial score (nSPS) is 22.9. The van der Waals surface area contributed by atoms with Crippen molar-refractivity contribution in [2.75, 3.05) is 10.6 Å². The number of benzene rings is 2. The number of ether oxygens (including phenoxy) is 1. The lowest BCUT2D eigenvalue weighted by Crippen LogP contribution is -2.30. The van der Waals surface area contributed by atoms with Crippen LogP contribution in [0.5, 0.6) is 0 Å². The molecule has 0 spiro atoms. The molecule has 2 aromatic carbocycles. The van der Waals surface area contributed by atoms with Crippen molar-refractivity contribution in [1.29, 1.82) is 0 Å². The van der Waals surface area contributed by atoms with Crippen molar-refractivity contribution < 1.29 is 9.53 Å². The van der Waals surface area contributed by atoms with Crippen molar-refractivity contribution >= 4 is 17.3 Å². The molecule has 23 heavy (non-hydrogen) atoms. The van der Waals surface area contributed by atoms with Crippen LogP contribution in [-0.4, -0.2) is 12.1 Å². The van der Waals surface area contributed by atoms with Gasteiger partial charge in [-0.2, -0.15) is 0 Å². The molecule has 0 saturated heterocycles. The summed E-state index contributed by atoms with van der Waals surface area (Å²) in [6, 6.07) is 17.8. The first kappa shape index (κ1) is 13.9. The van der Waals surface area contributed by atoms with Crippen LogP contribution in [0.1, 0.15) is 24.9 Å². The number of hydrogen-bond acceptors (Lipinski definition) is 4. The van der Waals surface area contributed by atoms with Crippen LogP contribution in [0.3, 0.4) is 0 Å². The zero-order valence-corrected chi connectivity index (χ0v) is 12.9. The highest BCUT2D eigenvalue weighted by Gasteiger charge is 2.35. The van der Waals surface area contributed by atoms with Gasteiger partial charge in [-0.05, 0) is 24.6 Å². The van der Waals surface area contributed by atoms with E-state index in [2.05, 4.69) is 10.6 Å². The van der Waals surface area contributed by atoms with Crippen LogP contribution in [0.15, 0.2) is 65.9 Å². The lowest BCUT2D eigenvalue weighted by Gasteiger charge is -2.28. The molecular weight excluding hydrogens is 288 g/mol. The molecule has 0 fully saturated rings. The number of cyclic esters (lactones) is 1. The van der Waals surface area contributed by atoms with E-state index in [1.807, 2.05) is 61.5 Å². The maximum Gasteiger partial charge on any atom is 0.338 e. The average Bonchev–Trinajstić information content (AvgIpc) is 2.72. The van der Waals surface area contributed by atoms with E-state index in [9.17, 15) is 4.79 Å². The van der Waals surface area contributed by atoms with Crippen molar-refractivity contribution in [2.45, 2.75) is 25.5 Å². The predicted molar refractivity (Wildman–Crippen MR) is 90.1 cm³/mol. The third-order valence-corrected chi connectivity index (χ3v) is 4.28. The summed E-state index contributed by atoms with van der Waals surface area (Å²) in [5, 5.41) is 6.94. The first-order valence-electron chi connectivity index (χ1n) is 7.84. The number of rotatable bonds is 1. The number of esters is 1. The first-order valence-corrected chi connectivity index (χ1v) is 7.84. The summed E-state index contributed by atoms with van der Waals surface area (Å²) in [6.45, 7) is 1.92. The fourth-order valence-electron chi connectivity index (χ4n) is 3.22. The summed E-state index contributed by atoms with van der Waals surface area (Å²) in [7, 11) is 0. The lowest BCUT2D eigenvalue weighted by molar-refractivity contribution is -0.145. The Morgan fingerprint density at radius 1 is 1.00 bits per heavy atom. The molecule has 4 rings (SSSR count). The number of anilines is 2. The van der Waals surface area contributed by atoms with Gasteiger partial charge >= 0.3 is 5.97 Å². The summed E-state index contributed by atoms with van der Waals surface area (Å²) in [6.07, 6.45) is 0.580. The van der Waals surface area contributed by atoms with E-state index in [4.69, 9.17) is 4.74 Å². The third kappa shape index (κ3) is 2.46. The van der Waals surface area contributed by atoms with Gasteiger partial charge in [0.2, 0.25) is 0 Å². The topological polar surface area (TPSA) is 50.4 Å². The van der Waals surface area contributed by atoms with Crippen LogP contribution in [-0.2, 0) is 9.53 Å². The minimum absolute atomic E-state index is 0.115. The molecule has 0 bridgehead atoms. The second kappa shape index (κ2) is 5.47. The van der Waals surface area contributed by atoms with Crippen molar-refractivity contribution in [3.63, 3.8) is 0 Å². The highest BCUT2D eigenvalue weighted by Crippen LogP contribution is 2.39. The summed E-state index contributed by atoms with van der Waals surface area (Å²) >= 11 is 0. The van der Waals surface area contributed by atoms with Gasteiger partial charge in [-0.1, -0.05) is 42.5 Å². The van der Waals surface area contributed by atoms with E-state index in [1.165, 1.54) is 0 Å². The molecule has 2 aromatic rings. The van der Waals surface area contributed by atoms with Gasteiger partial charge in [0, 0.05) is 12.1 Å². The van der Waals surface area contributed by atoms with Gasteiger partial charge < -0.3 is 15.4 Å². The number of carbonyl (C=O) groups excluding carboxylic acids is 1. The van der Waals surface area contributed by atoms with Gasteiger partial charge in [-0.3, -0.25) is 0 Å². The van der Waals surface area contributed by atoms with Gasteiger partial charge in [0.15, 0.2) is 0 Å². The number of para-hydroxylation sites is 2. The Morgan fingerprint density at radius 3 is 2.48 bits per heavy atom. The smallest absolute Gasteiger partial charge is 0.338 e. The van der Waals surface area contributed by atoms with Crippen LogP contribution < -0.4 is 10.6 Å². The van der Waals surface area contributed by atoms with Gasteiger partial charge in [-0.15, -0.1) is 0 Å². The van der Waals surface area contributed by atoms with Gasteiger partial charge in [0.25, 0.3) is 0 Å². The highest BCUT2D eigenvalue weighted by atomic mass is 16.5. The number of nitrogens with one attached hydrogen (secondary N) is 2. The number of fused-ring (bicyclic) bond motifs is 1. The minimum Gasteiger partial charge on any atom is -0.459 e. The predicted octanol–water partition coefficient (Wildman–Crippen LogP) is 3.85. The van der Waals surface area contributed by atoms with E-state index < -0.39 is 0 Å². The SMILES string of the molecule is C[C@H]1CC2=C(C(=O)O1)[C@@H](c1ccccc1)Nc1ccccc1N2. The molecule has 2 N–H and O–H groups in total. The van der Waals surface area contributed by atoms with Gasteiger partial charge in [-0.25, -0.2) is 4.79 Å². The maximum absolute atomic E-state index is 12.6. The van der Waals surface area contributed by atoms with E-state index in [0.717, 1.165) is 22.6 Å². The molecule has 0 unspecified atom stereocenters. The van der Waals surface area contributed by atoms with Crippen LogP contribution in [0.4, 0.5) is 11.4 Å². The zero-order chi connectivity index (χ0) is 15.8. The summed E-state index contributed by atoms with van der Waals surface area (Å²) in [5.74, 6) is -0.250. The Kier molecular flexibility index (Phi) is 3.30. The molecule has 116 valence electrons. The van der Waals surface area contributed by atoms with Crippen molar-refractivity contribution in [3.05, 3.63) is 71.4 Å². The summed E-state index contributed by atoms with van der Waals surface area (Å²) in [5.41, 5.74) is 4.63. The van der Waals surface area contributed by atoms with Gasteiger partial charge in [0.1, 0.15) is 6.10 Å². The molecule has 2 aliphatic heterocycles. The Morgan fingerprint density at radius 2 is 1.70 bits per heavy atom. The zero-order valence-electron chi connectivity index (χ0n) is 12.9. The van der Waals surface area contributed by atoms with E-state index in [1.54, 1.807) is 0 Å². The Bertz CT molecular complexity index is 783. The first-order chi connectivity index (χ1) is 11.2. The third-order valence-electron chi connectivity index (χ3n) is 4.28. The van der Waals surface area contributed by atoms with E-state index >= 15 is 0 Å². The lowest BCUT2D eigenvalue weighted by atomic mass is 9.93. The highest BCUT2D eigenvalue weighted by molar-refractivity contribution is 5.95. The average molecular weight is 306 g/mol. The molecular formula is C19H18N2O2. The second-order valence-corrected chi connectivity index (χ2v) is 5.97. The standard InChI is InChI=1S/C19H18N2O2/c1-12-11-16-17(19(22)23-12)18(13-7-3-2-4-8-13)21-15-10-6-5-9-14(15)20-16/h2-10,12,18,20-21H,11H2,1H3/t12-,18+/m0/s1. The molecule has 0 amide bonds. The largest absolute Gasteiger partial charge is 0.459 e. The van der Waals surface area contributed by atoms with Crippen molar-refractivity contribution in [3.8, 4) is 0 Å². The Hall–Kier alpha value is -2.75. The molecule has 0 aromatic heterocycles. The molecule has 4 nitrogen and oxygen atoms in total. The fraction of sp³-hybridized carbons (Fsp3) is 0.211. The molecule has 0 radical (unpaired) electrons. The number of hydrogen-bond donors (Lipinski definition) is 2. The molecule has 0 aliphatic carbocycles. The molecule has 0 saturated carbocycles. The monoisotopic (exact) mass is 306 g/mol. The molecule has 2 aliphatic rings. The van der Waals surface area contributed by atoms with Crippen LogP contribution in [0.2, 0.25) is 0 Å². The fourth-order valence-corrected chi connectivity index (χ4v) is 3.22. The molecule has 4 heteroatoms. The van der Waals surface area contributed by atoms with Crippen LogP contribution in [0.25, 0.3) is 0 Å². The number of carbonyl (C=O) groups is 1. The molecule has 2 atom stereocenters. The van der Waals surface area contributed by atoms with Crippen LogP contribution in [0, 0.1) is 0 Å². The van der Waals surface area contributed by atoms with Crippen molar-refractivity contribution in [2.24, 2.45) is 0 Å². The maximum atomic E-state index is 12.6. The van der Waals surface area contributed by atoms with E-state index in [-0.39, 0.29) is 18.1 Å². The van der Waals surface area contributed by atoms with Crippen LogP contribution >= 0.6 is 0 Å². The van der Waals surface area contributed by atoms with Gasteiger partial charge in [0.05, 0.1) is 23.0 Å². The quantitative estimate of drug-likeness (QED) is 0.786. The Labute approximate surface area is 135 Å². The Balaban J connectivity index is 1.88.